The summed E-state index contributed by atoms with van der Waals surface area (Å²) < 4.78 is 11.0. The molecule has 0 aliphatic heterocycles. The van der Waals surface area contributed by atoms with Crippen molar-refractivity contribution in [3.8, 4) is 17.2 Å². The molecule has 0 aliphatic carbocycles. The largest absolute Gasteiger partial charge is 0.493 e. The second-order valence-electron chi connectivity index (χ2n) is 5.41. The number of nitrogens with two attached hydrogens (primary N) is 1. The Morgan fingerprint density at radius 2 is 1.62 bits per heavy atom. The standard InChI is InChI=1S/C18H22N2O3.ClH/c1-12(13(2)19)18(21)20-14-8-10-15(11-9-14)23-17-7-5-4-6-16(17)22-3;/h4-13H,19H2,1-3H3,(H,20,21);1H. The fourth-order valence-electron chi connectivity index (χ4n) is 1.93. The molecule has 2 atom stereocenters. The van der Waals surface area contributed by atoms with E-state index in [4.69, 9.17) is 15.2 Å². The lowest BCUT2D eigenvalue weighted by molar-refractivity contribution is -0.119. The normalized spacial score (nSPS) is 12.5. The number of amides is 1. The van der Waals surface area contributed by atoms with Crippen molar-refractivity contribution < 1.29 is 14.3 Å². The van der Waals surface area contributed by atoms with E-state index in [1.54, 1.807) is 38.3 Å². The van der Waals surface area contributed by atoms with Gasteiger partial charge in [-0.15, -0.1) is 12.4 Å². The SMILES string of the molecule is COc1ccccc1Oc1ccc(NC(=O)C(C)C(C)N)cc1.Cl. The highest BCUT2D eigenvalue weighted by atomic mass is 35.5. The van der Waals surface area contributed by atoms with E-state index in [0.717, 1.165) is 0 Å². The molecule has 2 rings (SSSR count). The van der Waals surface area contributed by atoms with E-state index in [-0.39, 0.29) is 30.3 Å². The molecule has 2 unspecified atom stereocenters. The van der Waals surface area contributed by atoms with Gasteiger partial charge in [0.2, 0.25) is 5.91 Å². The Bertz CT molecular complexity index is 660. The van der Waals surface area contributed by atoms with Crippen molar-refractivity contribution in [1.29, 1.82) is 0 Å². The van der Waals surface area contributed by atoms with Gasteiger partial charge >= 0.3 is 0 Å². The molecule has 0 radical (unpaired) electrons. The molecule has 3 N–H and O–H groups in total. The fraction of sp³-hybridized carbons (Fsp3) is 0.278. The maximum atomic E-state index is 12.0. The minimum Gasteiger partial charge on any atom is -0.493 e. The first kappa shape index (κ1) is 19.8. The highest BCUT2D eigenvalue weighted by molar-refractivity contribution is 5.92. The summed E-state index contributed by atoms with van der Waals surface area (Å²) >= 11 is 0. The van der Waals surface area contributed by atoms with Crippen LogP contribution in [0.15, 0.2) is 48.5 Å². The molecule has 0 fully saturated rings. The number of carbonyl (C=O) groups excluding carboxylic acids is 1. The average Bonchev–Trinajstić information content (AvgIpc) is 2.56. The van der Waals surface area contributed by atoms with Crippen molar-refractivity contribution in [2.75, 3.05) is 12.4 Å². The van der Waals surface area contributed by atoms with Crippen LogP contribution >= 0.6 is 12.4 Å². The van der Waals surface area contributed by atoms with E-state index in [1.807, 2.05) is 31.2 Å². The number of nitrogens with one attached hydrogen (secondary N) is 1. The quantitative estimate of drug-likeness (QED) is 0.830. The number of carbonyl (C=O) groups is 1. The average molecular weight is 351 g/mol. The van der Waals surface area contributed by atoms with Gasteiger partial charge in [-0.1, -0.05) is 19.1 Å². The van der Waals surface area contributed by atoms with Crippen LogP contribution in [-0.4, -0.2) is 19.1 Å². The third-order valence-electron chi connectivity index (χ3n) is 3.62. The summed E-state index contributed by atoms with van der Waals surface area (Å²) in [7, 11) is 1.60. The van der Waals surface area contributed by atoms with Crippen LogP contribution < -0.4 is 20.5 Å². The number of hydrogen-bond donors (Lipinski definition) is 2. The minimum absolute atomic E-state index is 0. The molecule has 0 bridgehead atoms. The fourth-order valence-corrected chi connectivity index (χ4v) is 1.93. The molecule has 0 aliphatic rings. The summed E-state index contributed by atoms with van der Waals surface area (Å²) in [6, 6.07) is 14.4. The summed E-state index contributed by atoms with van der Waals surface area (Å²) in [5.74, 6) is 1.61. The van der Waals surface area contributed by atoms with Crippen molar-refractivity contribution in [2.24, 2.45) is 11.7 Å². The maximum Gasteiger partial charge on any atom is 0.228 e. The Hall–Kier alpha value is -2.24. The highest BCUT2D eigenvalue weighted by Gasteiger charge is 2.16. The number of hydrogen-bond acceptors (Lipinski definition) is 4. The minimum atomic E-state index is -0.250. The molecule has 6 heteroatoms. The Labute approximate surface area is 148 Å². The monoisotopic (exact) mass is 350 g/mol. The lowest BCUT2D eigenvalue weighted by atomic mass is 10.0. The van der Waals surface area contributed by atoms with Gasteiger partial charge in [0.05, 0.1) is 13.0 Å². The zero-order valence-electron chi connectivity index (χ0n) is 14.0. The van der Waals surface area contributed by atoms with Gasteiger partial charge in [0.1, 0.15) is 5.75 Å². The molecule has 1 amide bonds. The van der Waals surface area contributed by atoms with Gasteiger partial charge < -0.3 is 20.5 Å². The van der Waals surface area contributed by atoms with Crippen molar-refractivity contribution >= 4 is 24.0 Å². The molecule has 0 heterocycles. The van der Waals surface area contributed by atoms with E-state index >= 15 is 0 Å². The van der Waals surface area contributed by atoms with Crippen molar-refractivity contribution in [1.82, 2.24) is 0 Å². The summed E-state index contributed by atoms with van der Waals surface area (Å²) in [4.78, 5) is 12.0. The maximum absolute atomic E-state index is 12.0. The Morgan fingerprint density at radius 3 is 2.17 bits per heavy atom. The highest BCUT2D eigenvalue weighted by Crippen LogP contribution is 2.31. The predicted octanol–water partition coefficient (Wildman–Crippen LogP) is 3.83. The van der Waals surface area contributed by atoms with Gasteiger partial charge in [-0.2, -0.15) is 0 Å². The van der Waals surface area contributed by atoms with Crippen LogP contribution in [0.3, 0.4) is 0 Å². The van der Waals surface area contributed by atoms with E-state index in [1.165, 1.54) is 0 Å². The van der Waals surface area contributed by atoms with E-state index in [9.17, 15) is 4.79 Å². The predicted molar refractivity (Wildman–Crippen MR) is 98.2 cm³/mol. The molecule has 130 valence electrons. The van der Waals surface area contributed by atoms with Gasteiger partial charge in [0.25, 0.3) is 0 Å². The van der Waals surface area contributed by atoms with Gasteiger partial charge in [0.15, 0.2) is 11.5 Å². The number of anilines is 1. The van der Waals surface area contributed by atoms with Gasteiger partial charge in [0, 0.05) is 11.7 Å². The molecule has 24 heavy (non-hydrogen) atoms. The molecule has 0 saturated carbocycles. The van der Waals surface area contributed by atoms with Gasteiger partial charge in [-0.25, -0.2) is 0 Å². The molecule has 0 aromatic heterocycles. The first-order valence-corrected chi connectivity index (χ1v) is 7.48. The lowest BCUT2D eigenvalue weighted by Crippen LogP contribution is -2.34. The van der Waals surface area contributed by atoms with Crippen LogP contribution in [0.5, 0.6) is 17.2 Å². The van der Waals surface area contributed by atoms with Crippen molar-refractivity contribution in [2.45, 2.75) is 19.9 Å². The zero-order chi connectivity index (χ0) is 16.8. The Kier molecular flexibility index (Phi) is 7.55. The number of benzene rings is 2. The van der Waals surface area contributed by atoms with Crippen LogP contribution in [-0.2, 0) is 4.79 Å². The van der Waals surface area contributed by atoms with E-state index < -0.39 is 0 Å². The summed E-state index contributed by atoms with van der Waals surface area (Å²) in [5, 5.41) is 2.84. The summed E-state index contributed by atoms with van der Waals surface area (Å²) in [6.07, 6.45) is 0. The second kappa shape index (κ2) is 9.15. The molecule has 2 aromatic rings. The van der Waals surface area contributed by atoms with Gasteiger partial charge in [-0.05, 0) is 43.3 Å². The topological polar surface area (TPSA) is 73.6 Å². The number of methoxy groups -OCH3 is 1. The third-order valence-corrected chi connectivity index (χ3v) is 3.62. The number of rotatable bonds is 6. The molecular formula is C18H23ClN2O3. The van der Waals surface area contributed by atoms with Crippen LogP contribution in [0.25, 0.3) is 0 Å². The van der Waals surface area contributed by atoms with Gasteiger partial charge in [-0.3, -0.25) is 4.79 Å². The van der Waals surface area contributed by atoms with E-state index in [2.05, 4.69) is 5.32 Å². The Morgan fingerprint density at radius 1 is 1.04 bits per heavy atom. The first-order chi connectivity index (χ1) is 11.0. The number of halogens is 1. The van der Waals surface area contributed by atoms with Crippen molar-refractivity contribution in [3.05, 3.63) is 48.5 Å². The molecule has 0 saturated heterocycles. The van der Waals surface area contributed by atoms with Crippen LogP contribution in [0, 0.1) is 5.92 Å². The number of para-hydroxylation sites is 2. The second-order valence-corrected chi connectivity index (χ2v) is 5.41. The van der Waals surface area contributed by atoms with Crippen LogP contribution in [0.2, 0.25) is 0 Å². The summed E-state index contributed by atoms with van der Waals surface area (Å²) in [5.41, 5.74) is 6.44. The first-order valence-electron chi connectivity index (χ1n) is 7.48. The van der Waals surface area contributed by atoms with Crippen LogP contribution in [0.1, 0.15) is 13.8 Å². The summed E-state index contributed by atoms with van der Waals surface area (Å²) in [6.45, 7) is 3.62. The van der Waals surface area contributed by atoms with E-state index in [0.29, 0.717) is 22.9 Å². The third kappa shape index (κ3) is 5.15. The zero-order valence-corrected chi connectivity index (χ0v) is 14.8. The lowest BCUT2D eigenvalue weighted by Gasteiger charge is -2.15. The molecular weight excluding hydrogens is 328 g/mol. The molecule has 5 nitrogen and oxygen atoms in total. The van der Waals surface area contributed by atoms with Crippen molar-refractivity contribution in [3.63, 3.8) is 0 Å². The number of ether oxygens (including phenoxy) is 2. The van der Waals surface area contributed by atoms with Crippen LogP contribution in [0.4, 0.5) is 5.69 Å². The molecule has 2 aromatic carbocycles. The molecule has 0 spiro atoms. The smallest absolute Gasteiger partial charge is 0.228 e. The Balaban J connectivity index is 0.00000288.